The topological polar surface area (TPSA) is 56.8 Å². The van der Waals surface area contributed by atoms with Gasteiger partial charge in [-0.15, -0.1) is 0 Å². The molecule has 0 aliphatic carbocycles. The monoisotopic (exact) mass is 369 g/mol. The summed E-state index contributed by atoms with van der Waals surface area (Å²) in [4.78, 5) is 12.5. The number of para-hydroxylation sites is 1. The van der Waals surface area contributed by atoms with Crippen molar-refractivity contribution >= 4 is 5.91 Å². The maximum atomic E-state index is 12.5. The third-order valence-electron chi connectivity index (χ3n) is 4.57. The Morgan fingerprint density at radius 3 is 2.59 bits per heavy atom. The minimum absolute atomic E-state index is 0.0153. The molecule has 0 spiro atoms. The van der Waals surface area contributed by atoms with Gasteiger partial charge in [-0.05, 0) is 42.2 Å². The van der Waals surface area contributed by atoms with Crippen molar-refractivity contribution in [2.24, 2.45) is 5.92 Å². The summed E-state index contributed by atoms with van der Waals surface area (Å²) in [5.41, 5.74) is 2.01. The Kier molecular flexibility index (Phi) is 6.22. The van der Waals surface area contributed by atoms with Gasteiger partial charge in [0.1, 0.15) is 5.75 Å². The van der Waals surface area contributed by atoms with Gasteiger partial charge >= 0.3 is 0 Å². The van der Waals surface area contributed by atoms with Gasteiger partial charge in [0.2, 0.25) is 0 Å². The molecule has 1 atom stereocenters. The van der Waals surface area contributed by atoms with Crippen LogP contribution >= 0.6 is 0 Å². The molecular weight excluding hydrogens is 342 g/mol. The van der Waals surface area contributed by atoms with Crippen LogP contribution < -0.4 is 19.5 Å². The van der Waals surface area contributed by atoms with Crippen LogP contribution in [-0.2, 0) is 4.79 Å². The van der Waals surface area contributed by atoms with E-state index in [-0.39, 0.29) is 24.5 Å². The number of carbonyl (C=O) groups is 1. The van der Waals surface area contributed by atoms with Crippen LogP contribution in [0.5, 0.6) is 17.2 Å². The van der Waals surface area contributed by atoms with E-state index in [4.69, 9.17) is 14.2 Å². The van der Waals surface area contributed by atoms with Gasteiger partial charge in [-0.3, -0.25) is 4.79 Å². The van der Waals surface area contributed by atoms with Gasteiger partial charge in [-0.1, -0.05) is 38.1 Å². The van der Waals surface area contributed by atoms with E-state index in [1.54, 1.807) is 0 Å². The average Bonchev–Trinajstić information content (AvgIpc) is 2.90. The lowest BCUT2D eigenvalue weighted by molar-refractivity contribution is -0.124. The number of aryl methyl sites for hydroxylation is 1. The molecule has 0 radical (unpaired) electrons. The van der Waals surface area contributed by atoms with E-state index < -0.39 is 0 Å². The fraction of sp³-hybridized carbons (Fsp3) is 0.409. The molecule has 5 heteroatoms. The van der Waals surface area contributed by atoms with Crippen molar-refractivity contribution < 1.29 is 19.0 Å². The summed E-state index contributed by atoms with van der Waals surface area (Å²) in [6.45, 7) is 7.40. The predicted octanol–water partition coefficient (Wildman–Crippen LogP) is 4.05. The van der Waals surface area contributed by atoms with Crippen molar-refractivity contribution in [3.63, 3.8) is 0 Å². The molecule has 0 saturated carbocycles. The van der Waals surface area contributed by atoms with Crippen LogP contribution in [0.25, 0.3) is 0 Å². The Labute approximate surface area is 160 Å². The maximum absolute atomic E-state index is 12.5. The molecule has 1 aliphatic rings. The molecule has 5 nitrogen and oxygen atoms in total. The second-order valence-corrected chi connectivity index (χ2v) is 7.10. The lowest BCUT2D eigenvalue weighted by Crippen LogP contribution is -2.35. The van der Waals surface area contributed by atoms with Gasteiger partial charge in [0.25, 0.3) is 5.91 Å². The molecule has 0 bridgehead atoms. The Morgan fingerprint density at radius 1 is 1.11 bits per heavy atom. The number of ether oxygens (including phenoxy) is 3. The third-order valence-corrected chi connectivity index (χ3v) is 4.57. The summed E-state index contributed by atoms with van der Waals surface area (Å²) in [5, 5.41) is 3.08. The summed E-state index contributed by atoms with van der Waals surface area (Å²) in [6, 6.07) is 13.4. The first-order valence-electron chi connectivity index (χ1n) is 9.42. The van der Waals surface area contributed by atoms with Crippen molar-refractivity contribution in [2.75, 3.05) is 19.8 Å². The number of nitrogens with one attached hydrogen (secondary N) is 1. The highest BCUT2D eigenvalue weighted by Crippen LogP contribution is 2.34. The van der Waals surface area contributed by atoms with E-state index in [0.717, 1.165) is 34.8 Å². The van der Waals surface area contributed by atoms with Gasteiger partial charge < -0.3 is 19.5 Å². The number of carbonyl (C=O) groups excluding carboxylic acids is 1. The first-order valence-corrected chi connectivity index (χ1v) is 9.42. The van der Waals surface area contributed by atoms with Crippen LogP contribution in [-0.4, -0.2) is 25.7 Å². The van der Waals surface area contributed by atoms with Gasteiger partial charge in [0.15, 0.2) is 18.1 Å². The van der Waals surface area contributed by atoms with E-state index >= 15 is 0 Å². The zero-order chi connectivity index (χ0) is 19.2. The average molecular weight is 369 g/mol. The molecule has 1 heterocycles. The molecule has 1 N–H and O–H groups in total. The Balaban J connectivity index is 1.68. The van der Waals surface area contributed by atoms with Crippen molar-refractivity contribution in [2.45, 2.75) is 33.2 Å². The Bertz CT molecular complexity index is 788. The third kappa shape index (κ3) is 4.94. The molecule has 0 unspecified atom stereocenters. The molecule has 1 amide bonds. The van der Waals surface area contributed by atoms with E-state index in [9.17, 15) is 4.79 Å². The second-order valence-electron chi connectivity index (χ2n) is 7.10. The molecular formula is C22H27NO4. The molecule has 0 aromatic heterocycles. The van der Waals surface area contributed by atoms with E-state index in [0.29, 0.717) is 13.2 Å². The number of benzene rings is 2. The summed E-state index contributed by atoms with van der Waals surface area (Å²) in [5.74, 6) is 2.29. The highest BCUT2D eigenvalue weighted by Gasteiger charge is 2.21. The fourth-order valence-electron chi connectivity index (χ4n) is 3.09. The molecule has 0 saturated heterocycles. The highest BCUT2D eigenvalue weighted by atomic mass is 16.5. The van der Waals surface area contributed by atoms with Crippen molar-refractivity contribution in [1.29, 1.82) is 0 Å². The number of fused-ring (bicyclic) bond motifs is 1. The minimum atomic E-state index is -0.149. The molecule has 144 valence electrons. The maximum Gasteiger partial charge on any atom is 0.258 e. The molecule has 0 fully saturated rings. The smallest absolute Gasteiger partial charge is 0.258 e. The zero-order valence-electron chi connectivity index (χ0n) is 16.2. The van der Waals surface area contributed by atoms with Gasteiger partial charge in [0, 0.05) is 6.42 Å². The lowest BCUT2D eigenvalue weighted by Gasteiger charge is -2.24. The van der Waals surface area contributed by atoms with Crippen LogP contribution in [0.1, 0.15) is 37.4 Å². The Hall–Kier alpha value is -2.69. The van der Waals surface area contributed by atoms with E-state index in [1.165, 1.54) is 0 Å². The summed E-state index contributed by atoms with van der Waals surface area (Å²) in [6.07, 6.45) is 0.866. The van der Waals surface area contributed by atoms with Crippen molar-refractivity contribution in [1.82, 2.24) is 5.32 Å². The van der Waals surface area contributed by atoms with E-state index in [2.05, 4.69) is 19.2 Å². The standard InChI is InChI=1S/C22H27NO4/c1-15(2)22(17-9-10-19-20(13-17)26-12-6-11-25-19)23-21(24)14-27-18-8-5-4-7-16(18)3/h4-5,7-10,13,15,22H,6,11-12,14H2,1-3H3,(H,23,24)/t22-/m0/s1. The molecule has 1 aliphatic heterocycles. The first-order chi connectivity index (χ1) is 13.0. The summed E-state index contributed by atoms with van der Waals surface area (Å²) < 4.78 is 17.1. The minimum Gasteiger partial charge on any atom is -0.490 e. The Morgan fingerprint density at radius 2 is 1.85 bits per heavy atom. The zero-order valence-corrected chi connectivity index (χ0v) is 16.2. The van der Waals surface area contributed by atoms with Crippen LogP contribution in [0.4, 0.5) is 0 Å². The van der Waals surface area contributed by atoms with Gasteiger partial charge in [0.05, 0.1) is 19.3 Å². The SMILES string of the molecule is Cc1ccccc1OCC(=O)N[C@H](c1ccc2c(c1)OCCCO2)C(C)C. The van der Waals surface area contributed by atoms with Crippen LogP contribution in [0.15, 0.2) is 42.5 Å². The highest BCUT2D eigenvalue weighted by molar-refractivity contribution is 5.78. The number of rotatable bonds is 6. The molecule has 2 aromatic rings. The van der Waals surface area contributed by atoms with Crippen molar-refractivity contribution in [3.8, 4) is 17.2 Å². The molecule has 2 aromatic carbocycles. The first kappa shape index (κ1) is 19.1. The van der Waals surface area contributed by atoms with Crippen LogP contribution in [0.3, 0.4) is 0 Å². The fourth-order valence-corrected chi connectivity index (χ4v) is 3.09. The quantitative estimate of drug-likeness (QED) is 0.835. The molecule has 27 heavy (non-hydrogen) atoms. The summed E-state index contributed by atoms with van der Waals surface area (Å²) >= 11 is 0. The van der Waals surface area contributed by atoms with Crippen LogP contribution in [0, 0.1) is 12.8 Å². The second kappa shape index (κ2) is 8.80. The normalized spacial score (nSPS) is 14.4. The lowest BCUT2D eigenvalue weighted by atomic mass is 9.95. The summed E-state index contributed by atoms with van der Waals surface area (Å²) in [7, 11) is 0. The largest absolute Gasteiger partial charge is 0.490 e. The predicted molar refractivity (Wildman–Crippen MR) is 104 cm³/mol. The number of amides is 1. The van der Waals surface area contributed by atoms with Gasteiger partial charge in [-0.25, -0.2) is 0 Å². The van der Waals surface area contributed by atoms with Crippen LogP contribution in [0.2, 0.25) is 0 Å². The molecule has 3 rings (SSSR count). The number of hydrogen-bond acceptors (Lipinski definition) is 4. The van der Waals surface area contributed by atoms with E-state index in [1.807, 2.05) is 49.4 Å². The number of hydrogen-bond donors (Lipinski definition) is 1. The van der Waals surface area contributed by atoms with Crippen molar-refractivity contribution in [3.05, 3.63) is 53.6 Å². The van der Waals surface area contributed by atoms with Gasteiger partial charge in [-0.2, -0.15) is 0 Å².